The molecule has 0 bridgehead atoms. The minimum atomic E-state index is -0.432. The number of hydrogen-bond donors (Lipinski definition) is 3. The largest absolute Gasteiger partial charge is 0.353 e. The van der Waals surface area contributed by atoms with Gasteiger partial charge in [0.1, 0.15) is 0 Å². The summed E-state index contributed by atoms with van der Waals surface area (Å²) in [6.45, 7) is 7.69. The Hall–Kier alpha value is -0.610. The van der Waals surface area contributed by atoms with Crippen molar-refractivity contribution < 1.29 is 4.79 Å². The van der Waals surface area contributed by atoms with Crippen molar-refractivity contribution in [2.24, 2.45) is 11.1 Å². The predicted octanol–water partition coefficient (Wildman–Crippen LogP) is 0.228. The van der Waals surface area contributed by atoms with Crippen molar-refractivity contribution in [2.75, 3.05) is 13.1 Å². The van der Waals surface area contributed by atoms with Crippen LogP contribution < -0.4 is 16.4 Å². The molecule has 4 N–H and O–H groups in total. The van der Waals surface area contributed by atoms with Gasteiger partial charge in [-0.15, -0.1) is 0 Å². The lowest BCUT2D eigenvalue weighted by Gasteiger charge is -2.26. The summed E-state index contributed by atoms with van der Waals surface area (Å²) in [7, 11) is 0. The maximum absolute atomic E-state index is 11.7. The summed E-state index contributed by atoms with van der Waals surface area (Å²) in [5, 5.41) is 6.24. The molecule has 0 radical (unpaired) electrons. The highest BCUT2D eigenvalue weighted by atomic mass is 16.2. The van der Waals surface area contributed by atoms with Crippen molar-refractivity contribution >= 4 is 5.91 Å². The highest BCUT2D eigenvalue weighted by Crippen LogP contribution is 2.17. The highest BCUT2D eigenvalue weighted by molar-refractivity contribution is 5.82. The van der Waals surface area contributed by atoms with Crippen LogP contribution in [0.25, 0.3) is 0 Å². The van der Waals surface area contributed by atoms with Crippen LogP contribution in [0.3, 0.4) is 0 Å². The maximum atomic E-state index is 11.7. The van der Waals surface area contributed by atoms with Crippen LogP contribution >= 0.6 is 0 Å². The van der Waals surface area contributed by atoms with Crippen LogP contribution in [0.2, 0.25) is 0 Å². The standard InChI is InChI=1S/C11H23N3O/c1-11(2,3)9(12)10(15)14-7-8-5-4-6-13-8/h8-9,13H,4-7,12H2,1-3H3,(H,14,15)/t8?,9-/m1/s1. The summed E-state index contributed by atoms with van der Waals surface area (Å²) in [4.78, 5) is 11.7. The third kappa shape index (κ3) is 3.80. The summed E-state index contributed by atoms with van der Waals surface area (Å²) in [6, 6.07) is 0.0000198. The van der Waals surface area contributed by atoms with Gasteiger partial charge in [-0.2, -0.15) is 0 Å². The van der Waals surface area contributed by atoms with Crippen LogP contribution in [-0.2, 0) is 4.79 Å². The Morgan fingerprint density at radius 3 is 2.73 bits per heavy atom. The van der Waals surface area contributed by atoms with E-state index in [1.807, 2.05) is 20.8 Å². The number of carbonyl (C=O) groups excluding carboxylic acids is 1. The molecule has 1 unspecified atom stereocenters. The van der Waals surface area contributed by atoms with Gasteiger partial charge in [0.05, 0.1) is 6.04 Å². The summed E-state index contributed by atoms with van der Waals surface area (Å²) < 4.78 is 0. The fourth-order valence-corrected chi connectivity index (χ4v) is 1.66. The van der Waals surface area contributed by atoms with Gasteiger partial charge < -0.3 is 16.4 Å². The monoisotopic (exact) mass is 213 g/mol. The molecular weight excluding hydrogens is 190 g/mol. The number of amides is 1. The molecule has 1 rings (SSSR count). The van der Waals surface area contributed by atoms with Gasteiger partial charge in [-0.1, -0.05) is 20.8 Å². The van der Waals surface area contributed by atoms with Gasteiger partial charge in [-0.05, 0) is 24.8 Å². The van der Waals surface area contributed by atoms with Crippen molar-refractivity contribution in [3.8, 4) is 0 Å². The van der Waals surface area contributed by atoms with E-state index in [4.69, 9.17) is 5.73 Å². The molecule has 2 atom stereocenters. The maximum Gasteiger partial charge on any atom is 0.237 e. The van der Waals surface area contributed by atoms with Crippen molar-refractivity contribution in [2.45, 2.75) is 45.7 Å². The molecule has 4 heteroatoms. The molecule has 0 spiro atoms. The van der Waals surface area contributed by atoms with Gasteiger partial charge in [0.15, 0.2) is 0 Å². The first kappa shape index (κ1) is 12.5. The number of hydrogen-bond acceptors (Lipinski definition) is 3. The fraction of sp³-hybridized carbons (Fsp3) is 0.909. The summed E-state index contributed by atoms with van der Waals surface area (Å²) >= 11 is 0. The molecule has 0 aromatic carbocycles. The van der Waals surface area contributed by atoms with Crippen molar-refractivity contribution in [3.63, 3.8) is 0 Å². The van der Waals surface area contributed by atoms with Crippen LogP contribution in [0, 0.1) is 5.41 Å². The second-order valence-electron chi connectivity index (χ2n) is 5.38. The minimum Gasteiger partial charge on any atom is -0.353 e. The first-order chi connectivity index (χ1) is 6.91. The van der Waals surface area contributed by atoms with E-state index in [2.05, 4.69) is 10.6 Å². The van der Waals surface area contributed by atoms with Gasteiger partial charge in [-0.3, -0.25) is 4.79 Å². The van der Waals surface area contributed by atoms with E-state index in [1.165, 1.54) is 6.42 Å². The normalized spacial score (nSPS) is 23.9. The highest BCUT2D eigenvalue weighted by Gasteiger charge is 2.27. The Balaban J connectivity index is 2.29. The van der Waals surface area contributed by atoms with Crippen molar-refractivity contribution in [1.82, 2.24) is 10.6 Å². The summed E-state index contributed by atoms with van der Waals surface area (Å²) in [5.41, 5.74) is 5.67. The van der Waals surface area contributed by atoms with E-state index >= 15 is 0 Å². The van der Waals surface area contributed by atoms with E-state index in [1.54, 1.807) is 0 Å². The molecule has 15 heavy (non-hydrogen) atoms. The topological polar surface area (TPSA) is 67.2 Å². The van der Waals surface area contributed by atoms with Gasteiger partial charge in [0, 0.05) is 12.6 Å². The summed E-state index contributed by atoms with van der Waals surface area (Å²) in [5.74, 6) is -0.0452. The molecular formula is C11H23N3O. The average molecular weight is 213 g/mol. The van der Waals surface area contributed by atoms with Crippen LogP contribution in [0.1, 0.15) is 33.6 Å². The molecule has 1 heterocycles. The molecule has 0 saturated carbocycles. The third-order valence-electron chi connectivity index (χ3n) is 2.90. The molecule has 1 amide bonds. The van der Waals surface area contributed by atoms with Crippen molar-refractivity contribution in [3.05, 3.63) is 0 Å². The zero-order valence-corrected chi connectivity index (χ0v) is 9.97. The Morgan fingerprint density at radius 1 is 1.60 bits per heavy atom. The van der Waals surface area contributed by atoms with Crippen LogP contribution in [0.5, 0.6) is 0 Å². The molecule has 88 valence electrons. The smallest absolute Gasteiger partial charge is 0.237 e. The Morgan fingerprint density at radius 2 is 2.27 bits per heavy atom. The molecule has 0 aliphatic carbocycles. The number of rotatable bonds is 3. The number of nitrogens with two attached hydrogens (primary N) is 1. The number of nitrogens with one attached hydrogen (secondary N) is 2. The Labute approximate surface area is 92.0 Å². The van der Waals surface area contributed by atoms with Gasteiger partial charge in [0.25, 0.3) is 0 Å². The first-order valence-electron chi connectivity index (χ1n) is 5.68. The van der Waals surface area contributed by atoms with E-state index in [0.717, 1.165) is 13.0 Å². The van der Waals surface area contributed by atoms with E-state index in [-0.39, 0.29) is 11.3 Å². The SMILES string of the molecule is CC(C)(C)[C@H](N)C(=O)NCC1CCCN1. The van der Waals surface area contributed by atoms with E-state index in [9.17, 15) is 4.79 Å². The lowest BCUT2D eigenvalue weighted by Crippen LogP contribution is -2.50. The van der Waals surface area contributed by atoms with Crippen LogP contribution in [0.4, 0.5) is 0 Å². The first-order valence-corrected chi connectivity index (χ1v) is 5.68. The quantitative estimate of drug-likeness (QED) is 0.628. The second-order valence-corrected chi connectivity index (χ2v) is 5.38. The molecule has 1 saturated heterocycles. The lowest BCUT2D eigenvalue weighted by atomic mass is 9.87. The van der Waals surface area contributed by atoms with Gasteiger partial charge in [-0.25, -0.2) is 0 Å². The molecule has 1 aliphatic rings. The van der Waals surface area contributed by atoms with Crippen molar-refractivity contribution in [1.29, 1.82) is 0 Å². The molecule has 1 aliphatic heterocycles. The van der Waals surface area contributed by atoms with Gasteiger partial charge >= 0.3 is 0 Å². The van der Waals surface area contributed by atoms with E-state index in [0.29, 0.717) is 12.6 Å². The van der Waals surface area contributed by atoms with Crippen LogP contribution in [0.15, 0.2) is 0 Å². The van der Waals surface area contributed by atoms with Gasteiger partial charge in [0.2, 0.25) is 5.91 Å². The molecule has 0 aromatic heterocycles. The minimum absolute atomic E-state index is 0.0452. The zero-order chi connectivity index (χ0) is 11.5. The zero-order valence-electron chi connectivity index (χ0n) is 9.97. The molecule has 0 aromatic rings. The Bertz CT molecular complexity index is 216. The Kier molecular flexibility index (Phi) is 4.11. The fourth-order valence-electron chi connectivity index (χ4n) is 1.66. The summed E-state index contributed by atoms with van der Waals surface area (Å²) in [6.07, 6.45) is 2.34. The van der Waals surface area contributed by atoms with E-state index < -0.39 is 6.04 Å². The molecule has 4 nitrogen and oxygen atoms in total. The number of carbonyl (C=O) groups is 1. The second kappa shape index (κ2) is 4.94. The van der Waals surface area contributed by atoms with Crippen LogP contribution in [-0.4, -0.2) is 31.1 Å². The average Bonchev–Trinajstić information content (AvgIpc) is 2.63. The molecule has 1 fully saturated rings. The lowest BCUT2D eigenvalue weighted by molar-refractivity contribution is -0.124. The predicted molar refractivity (Wildman–Crippen MR) is 61.5 cm³/mol. The third-order valence-corrected chi connectivity index (χ3v) is 2.90.